The third-order valence-corrected chi connectivity index (χ3v) is 3.82. The van der Waals surface area contributed by atoms with Gasteiger partial charge in [0, 0.05) is 12.5 Å². The molecule has 1 amide bonds. The molecule has 0 saturated carbocycles. The van der Waals surface area contributed by atoms with E-state index in [1.807, 2.05) is 0 Å². The molecule has 76 valence electrons. The van der Waals surface area contributed by atoms with E-state index in [0.29, 0.717) is 6.42 Å². The standard InChI is InChI=1S/C7H14N2O3S/c1-2-7(10)9-6-4-13(11,12)3-5(6)8/h5-6H,2-4,8H2,1H3,(H,9,10)/t5-,6-/m0/s1. The minimum absolute atomic E-state index is 0.0261. The first-order valence-electron chi connectivity index (χ1n) is 4.20. The summed E-state index contributed by atoms with van der Waals surface area (Å²) in [7, 11) is -3.04. The van der Waals surface area contributed by atoms with Gasteiger partial charge in [-0.05, 0) is 0 Å². The first-order chi connectivity index (χ1) is 5.94. The van der Waals surface area contributed by atoms with E-state index in [0.717, 1.165) is 0 Å². The SMILES string of the molecule is CCC(=O)N[C@H]1CS(=O)(=O)C[C@@H]1N. The lowest BCUT2D eigenvalue weighted by molar-refractivity contribution is -0.121. The first kappa shape index (κ1) is 10.5. The largest absolute Gasteiger partial charge is 0.351 e. The Hall–Kier alpha value is -0.620. The Kier molecular flexibility index (Phi) is 2.92. The molecule has 0 unspecified atom stereocenters. The molecule has 0 aliphatic carbocycles. The van der Waals surface area contributed by atoms with E-state index in [2.05, 4.69) is 5.32 Å². The Morgan fingerprint density at radius 3 is 2.54 bits per heavy atom. The highest BCUT2D eigenvalue weighted by atomic mass is 32.2. The fraction of sp³-hybridized carbons (Fsp3) is 0.857. The second kappa shape index (κ2) is 3.63. The fourth-order valence-electron chi connectivity index (χ4n) is 1.33. The van der Waals surface area contributed by atoms with E-state index >= 15 is 0 Å². The van der Waals surface area contributed by atoms with Crippen LogP contribution in [0.1, 0.15) is 13.3 Å². The summed E-state index contributed by atoms with van der Waals surface area (Å²) in [6.45, 7) is 1.71. The van der Waals surface area contributed by atoms with Crippen molar-refractivity contribution in [1.82, 2.24) is 5.32 Å². The third kappa shape index (κ3) is 2.67. The number of sulfone groups is 1. The number of hydrogen-bond donors (Lipinski definition) is 2. The topological polar surface area (TPSA) is 89.3 Å². The zero-order valence-electron chi connectivity index (χ0n) is 7.49. The van der Waals surface area contributed by atoms with Crippen molar-refractivity contribution >= 4 is 15.7 Å². The fourth-order valence-corrected chi connectivity index (χ4v) is 3.16. The van der Waals surface area contributed by atoms with E-state index in [1.165, 1.54) is 0 Å². The van der Waals surface area contributed by atoms with Crippen LogP contribution in [0, 0.1) is 0 Å². The molecule has 1 heterocycles. The van der Waals surface area contributed by atoms with Crippen LogP contribution in [0.25, 0.3) is 0 Å². The Morgan fingerprint density at radius 2 is 2.15 bits per heavy atom. The number of rotatable bonds is 2. The molecule has 3 N–H and O–H groups in total. The summed E-state index contributed by atoms with van der Waals surface area (Å²) in [6.07, 6.45) is 0.350. The maximum atomic E-state index is 11.1. The van der Waals surface area contributed by atoms with Gasteiger partial charge in [-0.1, -0.05) is 6.92 Å². The highest BCUT2D eigenvalue weighted by Crippen LogP contribution is 2.10. The van der Waals surface area contributed by atoms with Crippen molar-refractivity contribution in [2.75, 3.05) is 11.5 Å². The monoisotopic (exact) mass is 206 g/mol. The van der Waals surface area contributed by atoms with Crippen LogP contribution in [0.15, 0.2) is 0 Å². The summed E-state index contributed by atoms with van der Waals surface area (Å²) in [4.78, 5) is 11.0. The van der Waals surface area contributed by atoms with Crippen LogP contribution in [-0.2, 0) is 14.6 Å². The van der Waals surface area contributed by atoms with Gasteiger partial charge in [0.2, 0.25) is 5.91 Å². The van der Waals surface area contributed by atoms with Crippen LogP contribution < -0.4 is 11.1 Å². The van der Waals surface area contributed by atoms with Gasteiger partial charge in [-0.2, -0.15) is 0 Å². The molecule has 0 spiro atoms. The van der Waals surface area contributed by atoms with Crippen LogP contribution in [0.2, 0.25) is 0 Å². The highest BCUT2D eigenvalue weighted by molar-refractivity contribution is 7.91. The number of carbonyl (C=O) groups excluding carboxylic acids is 1. The average molecular weight is 206 g/mol. The van der Waals surface area contributed by atoms with E-state index in [1.54, 1.807) is 6.92 Å². The van der Waals surface area contributed by atoms with Crippen molar-refractivity contribution in [3.05, 3.63) is 0 Å². The summed E-state index contributed by atoms with van der Waals surface area (Å²) >= 11 is 0. The summed E-state index contributed by atoms with van der Waals surface area (Å²) in [5.41, 5.74) is 5.56. The lowest BCUT2D eigenvalue weighted by Gasteiger charge is -2.14. The summed E-state index contributed by atoms with van der Waals surface area (Å²) < 4.78 is 22.2. The van der Waals surface area contributed by atoms with Crippen LogP contribution >= 0.6 is 0 Å². The Labute approximate surface area is 77.6 Å². The maximum absolute atomic E-state index is 11.1. The third-order valence-electron chi connectivity index (χ3n) is 2.06. The van der Waals surface area contributed by atoms with Crippen molar-refractivity contribution in [2.24, 2.45) is 5.73 Å². The molecule has 5 nitrogen and oxygen atoms in total. The number of nitrogens with two attached hydrogens (primary N) is 1. The second-order valence-corrected chi connectivity index (χ2v) is 5.42. The van der Waals surface area contributed by atoms with Crippen molar-refractivity contribution in [1.29, 1.82) is 0 Å². The van der Waals surface area contributed by atoms with Crippen molar-refractivity contribution in [2.45, 2.75) is 25.4 Å². The summed E-state index contributed by atoms with van der Waals surface area (Å²) in [5, 5.41) is 2.59. The summed E-state index contributed by atoms with van der Waals surface area (Å²) in [6, 6.07) is -0.863. The highest BCUT2D eigenvalue weighted by Gasteiger charge is 2.35. The van der Waals surface area contributed by atoms with Gasteiger partial charge >= 0.3 is 0 Å². The van der Waals surface area contributed by atoms with E-state index < -0.39 is 21.9 Å². The van der Waals surface area contributed by atoms with Crippen molar-refractivity contribution < 1.29 is 13.2 Å². The maximum Gasteiger partial charge on any atom is 0.220 e. The molecule has 1 fully saturated rings. The van der Waals surface area contributed by atoms with Crippen LogP contribution in [0.5, 0.6) is 0 Å². The normalized spacial score (nSPS) is 31.5. The van der Waals surface area contributed by atoms with Gasteiger partial charge in [0.25, 0.3) is 0 Å². The van der Waals surface area contributed by atoms with Crippen LogP contribution in [-0.4, -0.2) is 37.9 Å². The Balaban J connectivity index is 2.59. The zero-order chi connectivity index (χ0) is 10.1. The molecule has 0 bridgehead atoms. The minimum atomic E-state index is -3.04. The predicted octanol–water partition coefficient (Wildman–Crippen LogP) is -1.36. The number of carbonyl (C=O) groups is 1. The Bertz CT molecular complexity index is 299. The predicted molar refractivity (Wildman–Crippen MR) is 48.9 cm³/mol. The lowest BCUT2D eigenvalue weighted by Crippen LogP contribution is -2.46. The van der Waals surface area contributed by atoms with Gasteiger partial charge in [0.15, 0.2) is 9.84 Å². The molecule has 1 aliphatic heterocycles. The van der Waals surface area contributed by atoms with Crippen LogP contribution in [0.4, 0.5) is 0 Å². The number of amides is 1. The second-order valence-electron chi connectivity index (χ2n) is 3.27. The first-order valence-corrected chi connectivity index (χ1v) is 6.02. The molecule has 13 heavy (non-hydrogen) atoms. The molecule has 1 rings (SSSR count). The van der Waals surface area contributed by atoms with Crippen LogP contribution in [0.3, 0.4) is 0 Å². The van der Waals surface area contributed by atoms with E-state index in [4.69, 9.17) is 5.73 Å². The molecule has 1 saturated heterocycles. The van der Waals surface area contributed by atoms with Gasteiger partial charge in [-0.25, -0.2) is 8.42 Å². The molecule has 6 heteroatoms. The van der Waals surface area contributed by atoms with Gasteiger partial charge in [0.1, 0.15) is 0 Å². The molecule has 0 radical (unpaired) electrons. The van der Waals surface area contributed by atoms with E-state index in [9.17, 15) is 13.2 Å². The number of hydrogen-bond acceptors (Lipinski definition) is 4. The average Bonchev–Trinajstić information content (AvgIpc) is 2.24. The molecule has 0 aromatic rings. The molecular formula is C7H14N2O3S. The van der Waals surface area contributed by atoms with Gasteiger partial charge in [-0.15, -0.1) is 0 Å². The lowest BCUT2D eigenvalue weighted by atomic mass is 10.2. The van der Waals surface area contributed by atoms with Gasteiger partial charge in [-0.3, -0.25) is 4.79 Å². The van der Waals surface area contributed by atoms with E-state index in [-0.39, 0.29) is 17.4 Å². The molecule has 2 atom stereocenters. The van der Waals surface area contributed by atoms with Crippen molar-refractivity contribution in [3.8, 4) is 0 Å². The molecular weight excluding hydrogens is 192 g/mol. The quantitative estimate of drug-likeness (QED) is 0.584. The van der Waals surface area contributed by atoms with Gasteiger partial charge < -0.3 is 11.1 Å². The van der Waals surface area contributed by atoms with Crippen molar-refractivity contribution in [3.63, 3.8) is 0 Å². The number of nitrogens with one attached hydrogen (secondary N) is 1. The minimum Gasteiger partial charge on any atom is -0.351 e. The zero-order valence-corrected chi connectivity index (χ0v) is 8.30. The Morgan fingerprint density at radius 1 is 1.54 bits per heavy atom. The smallest absolute Gasteiger partial charge is 0.220 e. The molecule has 0 aromatic heterocycles. The van der Waals surface area contributed by atoms with Gasteiger partial charge in [0.05, 0.1) is 17.5 Å². The molecule has 1 aliphatic rings. The molecule has 0 aromatic carbocycles. The summed E-state index contributed by atoms with van der Waals surface area (Å²) in [5.74, 6) is -0.209.